The van der Waals surface area contributed by atoms with Crippen molar-refractivity contribution in [2.75, 3.05) is 7.05 Å². The van der Waals surface area contributed by atoms with E-state index in [-0.39, 0.29) is 6.04 Å². The Balaban J connectivity index is 2.05. The van der Waals surface area contributed by atoms with Gasteiger partial charge in [0.2, 0.25) is 0 Å². The molecule has 0 radical (unpaired) electrons. The molecule has 1 aromatic carbocycles. The van der Waals surface area contributed by atoms with Crippen molar-refractivity contribution in [1.82, 2.24) is 15.1 Å². The standard InChI is InChI=1S/C14H17F2N3/c1-17-14(6-3-10-8-18-19(2)9-10)11-4-5-12(15)13(16)7-11/h4-5,7-9,14,17H,3,6H2,1-2H3. The molecule has 0 fully saturated rings. The normalized spacial score (nSPS) is 12.6. The molecule has 0 bridgehead atoms. The van der Waals surface area contributed by atoms with Crippen LogP contribution in [-0.2, 0) is 13.5 Å². The summed E-state index contributed by atoms with van der Waals surface area (Å²) in [7, 11) is 3.68. The van der Waals surface area contributed by atoms with Crippen LogP contribution < -0.4 is 5.32 Å². The zero-order chi connectivity index (χ0) is 13.8. The van der Waals surface area contributed by atoms with E-state index in [1.807, 2.05) is 26.5 Å². The Morgan fingerprint density at radius 2 is 2.11 bits per heavy atom. The minimum atomic E-state index is -0.814. The first-order chi connectivity index (χ1) is 9.10. The lowest BCUT2D eigenvalue weighted by molar-refractivity contribution is 0.496. The van der Waals surface area contributed by atoms with E-state index >= 15 is 0 Å². The molecule has 0 saturated heterocycles. The van der Waals surface area contributed by atoms with E-state index in [2.05, 4.69) is 10.4 Å². The first-order valence-electron chi connectivity index (χ1n) is 6.20. The van der Waals surface area contributed by atoms with Gasteiger partial charge in [-0.05, 0) is 43.1 Å². The zero-order valence-corrected chi connectivity index (χ0v) is 11.0. The van der Waals surface area contributed by atoms with Crippen molar-refractivity contribution in [3.05, 3.63) is 53.4 Å². The van der Waals surface area contributed by atoms with Gasteiger partial charge in [0.25, 0.3) is 0 Å². The fourth-order valence-electron chi connectivity index (χ4n) is 2.12. The maximum absolute atomic E-state index is 13.2. The summed E-state index contributed by atoms with van der Waals surface area (Å²) in [5.74, 6) is -1.62. The molecule has 1 N–H and O–H groups in total. The molecule has 0 amide bonds. The van der Waals surface area contributed by atoms with Gasteiger partial charge in [-0.2, -0.15) is 5.10 Å². The fraction of sp³-hybridized carbons (Fsp3) is 0.357. The first-order valence-corrected chi connectivity index (χ1v) is 6.20. The lowest BCUT2D eigenvalue weighted by Crippen LogP contribution is -2.17. The quantitative estimate of drug-likeness (QED) is 0.900. The highest BCUT2D eigenvalue weighted by atomic mass is 19.2. The van der Waals surface area contributed by atoms with E-state index in [1.54, 1.807) is 10.7 Å². The zero-order valence-electron chi connectivity index (χ0n) is 11.0. The summed E-state index contributed by atoms with van der Waals surface area (Å²) in [6.45, 7) is 0. The number of aryl methyl sites for hydroxylation is 2. The van der Waals surface area contributed by atoms with Crippen LogP contribution >= 0.6 is 0 Å². The van der Waals surface area contributed by atoms with Gasteiger partial charge in [-0.3, -0.25) is 4.68 Å². The molecule has 1 heterocycles. The number of aromatic nitrogens is 2. The number of rotatable bonds is 5. The maximum Gasteiger partial charge on any atom is 0.159 e. The Hall–Kier alpha value is -1.75. The van der Waals surface area contributed by atoms with Crippen LogP contribution in [0.3, 0.4) is 0 Å². The van der Waals surface area contributed by atoms with E-state index in [4.69, 9.17) is 0 Å². The van der Waals surface area contributed by atoms with Gasteiger partial charge in [-0.25, -0.2) is 8.78 Å². The van der Waals surface area contributed by atoms with E-state index in [0.29, 0.717) is 0 Å². The van der Waals surface area contributed by atoms with Gasteiger partial charge in [0.1, 0.15) is 0 Å². The third-order valence-corrected chi connectivity index (χ3v) is 3.17. The summed E-state index contributed by atoms with van der Waals surface area (Å²) < 4.78 is 27.9. The van der Waals surface area contributed by atoms with Gasteiger partial charge in [-0.1, -0.05) is 6.07 Å². The molecule has 0 aliphatic heterocycles. The van der Waals surface area contributed by atoms with Crippen molar-refractivity contribution in [2.45, 2.75) is 18.9 Å². The average molecular weight is 265 g/mol. The summed E-state index contributed by atoms with van der Waals surface area (Å²) in [4.78, 5) is 0. The Kier molecular flexibility index (Phi) is 4.27. The second kappa shape index (κ2) is 5.93. The molecule has 5 heteroatoms. The molecule has 0 spiro atoms. The molecule has 2 aromatic rings. The summed E-state index contributed by atoms with van der Waals surface area (Å²) in [5.41, 5.74) is 1.88. The molecule has 102 valence electrons. The number of benzene rings is 1. The van der Waals surface area contributed by atoms with Crippen LogP contribution in [0.2, 0.25) is 0 Å². The van der Waals surface area contributed by atoms with Crippen molar-refractivity contribution >= 4 is 0 Å². The number of hydrogen-bond acceptors (Lipinski definition) is 2. The van der Waals surface area contributed by atoms with Crippen LogP contribution in [0.15, 0.2) is 30.6 Å². The third-order valence-electron chi connectivity index (χ3n) is 3.17. The fourth-order valence-corrected chi connectivity index (χ4v) is 2.12. The van der Waals surface area contributed by atoms with Gasteiger partial charge in [0.15, 0.2) is 11.6 Å². The second-order valence-electron chi connectivity index (χ2n) is 4.58. The van der Waals surface area contributed by atoms with Crippen LogP contribution in [0.1, 0.15) is 23.6 Å². The largest absolute Gasteiger partial charge is 0.313 e. The van der Waals surface area contributed by atoms with Gasteiger partial charge >= 0.3 is 0 Å². The van der Waals surface area contributed by atoms with E-state index in [1.165, 1.54) is 12.1 Å². The minimum absolute atomic E-state index is 0.00435. The van der Waals surface area contributed by atoms with Crippen molar-refractivity contribution in [1.29, 1.82) is 0 Å². The molecule has 0 saturated carbocycles. The highest BCUT2D eigenvalue weighted by molar-refractivity contribution is 5.21. The van der Waals surface area contributed by atoms with Crippen LogP contribution in [0.25, 0.3) is 0 Å². The summed E-state index contributed by atoms with van der Waals surface area (Å²) in [5, 5.41) is 7.23. The van der Waals surface area contributed by atoms with Gasteiger partial charge in [-0.15, -0.1) is 0 Å². The Labute approximate surface area is 111 Å². The summed E-state index contributed by atoms with van der Waals surface area (Å²) >= 11 is 0. The molecule has 0 aliphatic rings. The van der Waals surface area contributed by atoms with Crippen molar-refractivity contribution in [3.63, 3.8) is 0 Å². The molecule has 1 aromatic heterocycles. The molecule has 2 rings (SSSR count). The van der Waals surface area contributed by atoms with Gasteiger partial charge in [0.05, 0.1) is 6.20 Å². The van der Waals surface area contributed by atoms with E-state index in [9.17, 15) is 8.78 Å². The third kappa shape index (κ3) is 3.38. The molecular weight excluding hydrogens is 248 g/mol. The number of halogens is 2. The molecule has 1 atom stereocenters. The van der Waals surface area contributed by atoms with Gasteiger partial charge in [0, 0.05) is 19.3 Å². The molecule has 3 nitrogen and oxygen atoms in total. The highest BCUT2D eigenvalue weighted by Gasteiger charge is 2.12. The van der Waals surface area contributed by atoms with Crippen LogP contribution in [0.4, 0.5) is 8.78 Å². The number of nitrogens with one attached hydrogen (secondary N) is 1. The molecule has 1 unspecified atom stereocenters. The molecule has 19 heavy (non-hydrogen) atoms. The highest BCUT2D eigenvalue weighted by Crippen LogP contribution is 2.20. The van der Waals surface area contributed by atoms with Crippen LogP contribution in [0, 0.1) is 11.6 Å². The Morgan fingerprint density at radius 3 is 2.68 bits per heavy atom. The SMILES string of the molecule is CNC(CCc1cnn(C)c1)c1ccc(F)c(F)c1. The van der Waals surface area contributed by atoms with Crippen molar-refractivity contribution in [3.8, 4) is 0 Å². The van der Waals surface area contributed by atoms with Crippen molar-refractivity contribution < 1.29 is 8.78 Å². The maximum atomic E-state index is 13.2. The van der Waals surface area contributed by atoms with Crippen LogP contribution in [0.5, 0.6) is 0 Å². The average Bonchev–Trinajstić information content (AvgIpc) is 2.80. The Morgan fingerprint density at radius 1 is 1.32 bits per heavy atom. The van der Waals surface area contributed by atoms with Crippen molar-refractivity contribution in [2.24, 2.45) is 7.05 Å². The van der Waals surface area contributed by atoms with Gasteiger partial charge < -0.3 is 5.32 Å². The first kappa shape index (κ1) is 13.7. The van der Waals surface area contributed by atoms with E-state index < -0.39 is 11.6 Å². The predicted molar refractivity (Wildman–Crippen MR) is 69.7 cm³/mol. The summed E-state index contributed by atoms with van der Waals surface area (Å²) in [6, 6.07) is 4.03. The lowest BCUT2D eigenvalue weighted by Gasteiger charge is -2.16. The summed E-state index contributed by atoms with van der Waals surface area (Å²) in [6.07, 6.45) is 5.40. The Bertz CT molecular complexity index is 551. The second-order valence-corrected chi connectivity index (χ2v) is 4.58. The predicted octanol–water partition coefficient (Wildman–Crippen LogP) is 2.59. The monoisotopic (exact) mass is 265 g/mol. The lowest BCUT2D eigenvalue weighted by atomic mass is 10.00. The number of nitrogens with zero attached hydrogens (tertiary/aromatic N) is 2. The smallest absolute Gasteiger partial charge is 0.159 e. The number of hydrogen-bond donors (Lipinski definition) is 1. The molecular formula is C14H17F2N3. The van der Waals surface area contributed by atoms with Crippen LogP contribution in [-0.4, -0.2) is 16.8 Å². The minimum Gasteiger partial charge on any atom is -0.313 e. The van der Waals surface area contributed by atoms with E-state index in [0.717, 1.165) is 24.0 Å². The topological polar surface area (TPSA) is 29.9 Å². The molecule has 0 aliphatic carbocycles.